The molecule has 3 heteroatoms. The Morgan fingerprint density at radius 2 is 2.00 bits per heavy atom. The summed E-state index contributed by atoms with van der Waals surface area (Å²) in [5.74, 6) is 0.588. The van der Waals surface area contributed by atoms with Crippen molar-refractivity contribution in [3.8, 4) is 0 Å². The van der Waals surface area contributed by atoms with Gasteiger partial charge in [0.15, 0.2) is 0 Å². The molecule has 0 saturated carbocycles. The smallest absolute Gasteiger partial charge is 0.00765 e. The summed E-state index contributed by atoms with van der Waals surface area (Å²) in [7, 11) is 1.99. The van der Waals surface area contributed by atoms with Crippen molar-refractivity contribution in [1.29, 1.82) is 0 Å². The number of hydrogen-bond acceptors (Lipinski definition) is 3. The number of nitrogens with one attached hydrogen (secondary N) is 2. The summed E-state index contributed by atoms with van der Waals surface area (Å²) in [6, 6.07) is 0.358. The molecule has 0 aromatic carbocycles. The van der Waals surface area contributed by atoms with Gasteiger partial charge in [0.25, 0.3) is 0 Å². The first kappa shape index (κ1) is 13.9. The second kappa shape index (κ2) is 9.44. The predicted molar refractivity (Wildman–Crippen MR) is 63.5 cm³/mol. The molecule has 0 radical (unpaired) electrons. The molecule has 4 N–H and O–H groups in total. The molecule has 0 heterocycles. The van der Waals surface area contributed by atoms with Crippen LogP contribution in [-0.2, 0) is 0 Å². The van der Waals surface area contributed by atoms with Gasteiger partial charge >= 0.3 is 0 Å². The molecule has 0 saturated heterocycles. The molecular weight excluding hydrogens is 174 g/mol. The van der Waals surface area contributed by atoms with Crippen LogP contribution in [0.3, 0.4) is 0 Å². The third kappa shape index (κ3) is 7.30. The van der Waals surface area contributed by atoms with Gasteiger partial charge in [0.05, 0.1) is 0 Å². The van der Waals surface area contributed by atoms with E-state index in [2.05, 4.69) is 24.5 Å². The van der Waals surface area contributed by atoms with E-state index in [0.29, 0.717) is 12.0 Å². The molecule has 0 rings (SSSR count). The van der Waals surface area contributed by atoms with Crippen molar-refractivity contribution < 1.29 is 0 Å². The van der Waals surface area contributed by atoms with Gasteiger partial charge in [0.2, 0.25) is 0 Å². The van der Waals surface area contributed by atoms with E-state index < -0.39 is 0 Å². The summed E-state index contributed by atoms with van der Waals surface area (Å²) >= 11 is 0. The van der Waals surface area contributed by atoms with E-state index in [1.807, 2.05) is 7.05 Å². The fourth-order valence-electron chi connectivity index (χ4n) is 1.49. The van der Waals surface area contributed by atoms with Crippen molar-refractivity contribution in [3.63, 3.8) is 0 Å². The summed E-state index contributed by atoms with van der Waals surface area (Å²) in [4.78, 5) is 0. The van der Waals surface area contributed by atoms with Gasteiger partial charge in [-0.2, -0.15) is 0 Å². The summed E-state index contributed by atoms with van der Waals surface area (Å²) < 4.78 is 0. The largest absolute Gasteiger partial charge is 0.327 e. The number of rotatable bonds is 9. The van der Waals surface area contributed by atoms with Crippen LogP contribution < -0.4 is 16.4 Å². The second-order valence-corrected chi connectivity index (χ2v) is 4.09. The van der Waals surface area contributed by atoms with Crippen molar-refractivity contribution >= 4 is 0 Å². The summed E-state index contributed by atoms with van der Waals surface area (Å²) in [5, 5.41) is 6.57. The Morgan fingerprint density at radius 1 is 1.29 bits per heavy atom. The molecule has 86 valence electrons. The van der Waals surface area contributed by atoms with E-state index in [9.17, 15) is 0 Å². The third-order valence-corrected chi connectivity index (χ3v) is 2.60. The minimum Gasteiger partial charge on any atom is -0.327 e. The van der Waals surface area contributed by atoms with E-state index in [1.54, 1.807) is 0 Å². The van der Waals surface area contributed by atoms with E-state index in [-0.39, 0.29) is 0 Å². The zero-order valence-electron chi connectivity index (χ0n) is 9.97. The van der Waals surface area contributed by atoms with Gasteiger partial charge in [-0.3, -0.25) is 0 Å². The van der Waals surface area contributed by atoms with Gasteiger partial charge in [-0.05, 0) is 45.4 Å². The van der Waals surface area contributed by atoms with Gasteiger partial charge in [-0.25, -0.2) is 0 Å². The van der Waals surface area contributed by atoms with Crippen molar-refractivity contribution in [2.24, 2.45) is 11.7 Å². The van der Waals surface area contributed by atoms with Crippen LogP contribution in [0.5, 0.6) is 0 Å². The first-order valence-electron chi connectivity index (χ1n) is 5.83. The zero-order chi connectivity index (χ0) is 10.8. The quantitative estimate of drug-likeness (QED) is 0.487. The van der Waals surface area contributed by atoms with Crippen LogP contribution in [-0.4, -0.2) is 32.7 Å². The highest BCUT2D eigenvalue weighted by atomic mass is 14.9. The van der Waals surface area contributed by atoms with Gasteiger partial charge in [0.1, 0.15) is 0 Å². The molecule has 0 aliphatic carbocycles. The van der Waals surface area contributed by atoms with Gasteiger partial charge in [0, 0.05) is 6.04 Å². The van der Waals surface area contributed by atoms with E-state index in [0.717, 1.165) is 26.1 Å². The third-order valence-electron chi connectivity index (χ3n) is 2.60. The van der Waals surface area contributed by atoms with Crippen molar-refractivity contribution in [1.82, 2.24) is 10.6 Å². The topological polar surface area (TPSA) is 50.1 Å². The maximum absolute atomic E-state index is 6.02. The summed E-state index contributed by atoms with van der Waals surface area (Å²) in [6.45, 7) is 7.63. The minimum atomic E-state index is 0.358. The van der Waals surface area contributed by atoms with Crippen LogP contribution in [0, 0.1) is 5.92 Å². The van der Waals surface area contributed by atoms with E-state index in [1.165, 1.54) is 12.8 Å². The van der Waals surface area contributed by atoms with Crippen molar-refractivity contribution in [2.45, 2.75) is 39.2 Å². The monoisotopic (exact) mass is 201 g/mol. The molecule has 3 nitrogen and oxygen atoms in total. The van der Waals surface area contributed by atoms with Gasteiger partial charge in [-0.1, -0.05) is 20.3 Å². The maximum atomic E-state index is 6.02. The highest BCUT2D eigenvalue weighted by molar-refractivity contribution is 4.70. The summed E-state index contributed by atoms with van der Waals surface area (Å²) in [6.07, 6.45) is 3.51. The molecule has 0 amide bonds. The first-order chi connectivity index (χ1) is 6.72. The average Bonchev–Trinajstić information content (AvgIpc) is 2.17. The normalized spacial score (nSPS) is 15.4. The molecule has 2 atom stereocenters. The van der Waals surface area contributed by atoms with Crippen LogP contribution in [0.15, 0.2) is 0 Å². The Balaban J connectivity index is 3.29. The molecule has 0 fully saturated rings. The molecule has 0 aliphatic heterocycles. The Bertz CT molecular complexity index is 117. The lowest BCUT2D eigenvalue weighted by molar-refractivity contribution is 0.401. The lowest BCUT2D eigenvalue weighted by Gasteiger charge is -2.19. The number of hydrogen-bond donors (Lipinski definition) is 3. The Morgan fingerprint density at radius 3 is 2.57 bits per heavy atom. The lowest BCUT2D eigenvalue weighted by Crippen LogP contribution is -2.36. The molecule has 0 bridgehead atoms. The van der Waals surface area contributed by atoms with Crippen LogP contribution in [0.1, 0.15) is 33.1 Å². The Hall–Kier alpha value is -0.120. The van der Waals surface area contributed by atoms with Gasteiger partial charge < -0.3 is 16.4 Å². The maximum Gasteiger partial charge on any atom is 0.00765 e. The van der Waals surface area contributed by atoms with Gasteiger partial charge in [-0.15, -0.1) is 0 Å². The fraction of sp³-hybridized carbons (Fsp3) is 1.00. The lowest BCUT2D eigenvalue weighted by atomic mass is 9.99. The predicted octanol–water partition coefficient (Wildman–Crippen LogP) is 0.949. The van der Waals surface area contributed by atoms with E-state index >= 15 is 0 Å². The van der Waals surface area contributed by atoms with Crippen LogP contribution in [0.4, 0.5) is 0 Å². The molecule has 2 unspecified atom stereocenters. The molecule has 0 spiro atoms. The molecule has 0 aliphatic rings. The average molecular weight is 201 g/mol. The SMILES string of the molecule is CCCC(N)C(C)CNCCCNC. The van der Waals surface area contributed by atoms with Crippen LogP contribution in [0.2, 0.25) is 0 Å². The molecular formula is C11H27N3. The van der Waals surface area contributed by atoms with E-state index in [4.69, 9.17) is 5.73 Å². The van der Waals surface area contributed by atoms with Crippen LogP contribution in [0.25, 0.3) is 0 Å². The Kier molecular flexibility index (Phi) is 9.35. The molecule has 0 aromatic heterocycles. The highest BCUT2D eigenvalue weighted by Gasteiger charge is 2.10. The summed E-state index contributed by atoms with van der Waals surface area (Å²) in [5.41, 5.74) is 6.02. The highest BCUT2D eigenvalue weighted by Crippen LogP contribution is 2.05. The van der Waals surface area contributed by atoms with Crippen molar-refractivity contribution in [3.05, 3.63) is 0 Å². The molecule has 14 heavy (non-hydrogen) atoms. The minimum absolute atomic E-state index is 0.358. The van der Waals surface area contributed by atoms with Crippen LogP contribution >= 0.6 is 0 Å². The van der Waals surface area contributed by atoms with Crippen molar-refractivity contribution in [2.75, 3.05) is 26.7 Å². The first-order valence-corrected chi connectivity index (χ1v) is 5.83. The number of nitrogens with two attached hydrogens (primary N) is 1. The standard InChI is InChI=1S/C11H27N3/c1-4-6-11(12)10(2)9-14-8-5-7-13-3/h10-11,13-14H,4-9,12H2,1-3H3. The fourth-order valence-corrected chi connectivity index (χ4v) is 1.49. The second-order valence-electron chi connectivity index (χ2n) is 4.09. The molecule has 0 aromatic rings. The zero-order valence-corrected chi connectivity index (χ0v) is 9.97. The Labute approximate surface area is 88.8 Å².